The largest absolute Gasteiger partial charge is 0.393 e. The summed E-state index contributed by atoms with van der Waals surface area (Å²) < 4.78 is 0. The molecule has 0 aliphatic heterocycles. The Bertz CT molecular complexity index is 325. The van der Waals surface area contributed by atoms with Crippen molar-refractivity contribution in [1.82, 2.24) is 10.6 Å². The number of carbonyl (C=O) groups excluding carboxylic acids is 1. The molecular weight excluding hydrogens is 236 g/mol. The van der Waals surface area contributed by atoms with Crippen LogP contribution < -0.4 is 10.6 Å². The summed E-state index contributed by atoms with van der Waals surface area (Å²) in [7, 11) is 0. The lowest BCUT2D eigenvalue weighted by atomic mass is 10.1. The SMILES string of the molecule is CC(O)CC(C)CNC(=O)NCc1ccsc1. The predicted molar refractivity (Wildman–Crippen MR) is 70.0 cm³/mol. The van der Waals surface area contributed by atoms with Gasteiger partial charge in [0.15, 0.2) is 0 Å². The topological polar surface area (TPSA) is 61.4 Å². The number of thiophene rings is 1. The average Bonchev–Trinajstić information content (AvgIpc) is 2.75. The summed E-state index contributed by atoms with van der Waals surface area (Å²) in [5.41, 5.74) is 1.11. The fourth-order valence-corrected chi connectivity index (χ4v) is 2.24. The number of rotatable bonds is 6. The molecule has 17 heavy (non-hydrogen) atoms. The number of aliphatic hydroxyl groups excluding tert-OH is 1. The minimum absolute atomic E-state index is 0.159. The van der Waals surface area contributed by atoms with Crippen molar-refractivity contribution in [1.29, 1.82) is 0 Å². The maximum absolute atomic E-state index is 11.4. The van der Waals surface area contributed by atoms with E-state index in [1.54, 1.807) is 18.3 Å². The molecule has 1 heterocycles. The Morgan fingerprint density at radius 1 is 1.47 bits per heavy atom. The molecule has 1 aromatic rings. The van der Waals surface area contributed by atoms with E-state index in [0.717, 1.165) is 5.56 Å². The second-order valence-corrected chi connectivity index (χ2v) is 5.17. The first-order chi connectivity index (χ1) is 8.08. The molecule has 4 nitrogen and oxygen atoms in total. The number of hydrogen-bond acceptors (Lipinski definition) is 3. The van der Waals surface area contributed by atoms with Crippen molar-refractivity contribution in [3.63, 3.8) is 0 Å². The van der Waals surface area contributed by atoms with Crippen molar-refractivity contribution >= 4 is 17.4 Å². The number of nitrogens with one attached hydrogen (secondary N) is 2. The van der Waals surface area contributed by atoms with Crippen molar-refractivity contribution in [2.45, 2.75) is 32.9 Å². The van der Waals surface area contributed by atoms with Crippen molar-refractivity contribution in [3.8, 4) is 0 Å². The summed E-state index contributed by atoms with van der Waals surface area (Å²) in [6.07, 6.45) is 0.380. The van der Waals surface area contributed by atoms with Crippen LogP contribution in [0.15, 0.2) is 16.8 Å². The van der Waals surface area contributed by atoms with Gasteiger partial charge in [-0.15, -0.1) is 0 Å². The standard InChI is InChI=1S/C12H20N2O2S/c1-9(5-10(2)15)6-13-12(16)14-7-11-3-4-17-8-11/h3-4,8-10,15H,5-7H2,1-2H3,(H2,13,14,16). The summed E-state index contributed by atoms with van der Waals surface area (Å²) in [5, 5.41) is 18.8. The van der Waals surface area contributed by atoms with Crippen LogP contribution in [0.25, 0.3) is 0 Å². The maximum atomic E-state index is 11.4. The second kappa shape index (κ2) is 7.29. The van der Waals surface area contributed by atoms with Gasteiger partial charge in [-0.1, -0.05) is 6.92 Å². The van der Waals surface area contributed by atoms with E-state index in [4.69, 9.17) is 0 Å². The zero-order chi connectivity index (χ0) is 12.7. The molecule has 0 saturated carbocycles. The fourth-order valence-electron chi connectivity index (χ4n) is 1.57. The minimum atomic E-state index is -0.319. The quantitative estimate of drug-likeness (QED) is 0.728. The highest BCUT2D eigenvalue weighted by Gasteiger charge is 2.07. The molecule has 0 fully saturated rings. The molecule has 2 unspecified atom stereocenters. The van der Waals surface area contributed by atoms with E-state index in [0.29, 0.717) is 19.5 Å². The number of urea groups is 1. The van der Waals surface area contributed by atoms with Gasteiger partial charge in [-0.2, -0.15) is 11.3 Å². The normalized spacial score (nSPS) is 14.1. The average molecular weight is 256 g/mol. The number of aliphatic hydroxyl groups is 1. The Balaban J connectivity index is 2.13. The van der Waals surface area contributed by atoms with Crippen molar-refractivity contribution in [2.75, 3.05) is 6.54 Å². The van der Waals surface area contributed by atoms with E-state index >= 15 is 0 Å². The van der Waals surface area contributed by atoms with Crippen LogP contribution in [0.5, 0.6) is 0 Å². The predicted octanol–water partition coefficient (Wildman–Crippen LogP) is 1.95. The third kappa shape index (κ3) is 6.28. The van der Waals surface area contributed by atoms with Gasteiger partial charge in [0.1, 0.15) is 0 Å². The Kier molecular flexibility index (Phi) is 6.00. The van der Waals surface area contributed by atoms with Gasteiger partial charge >= 0.3 is 6.03 Å². The molecule has 5 heteroatoms. The van der Waals surface area contributed by atoms with Gasteiger partial charge in [0.25, 0.3) is 0 Å². The third-order valence-electron chi connectivity index (χ3n) is 2.39. The Morgan fingerprint density at radius 3 is 2.82 bits per heavy atom. The van der Waals surface area contributed by atoms with Crippen LogP contribution in [0.4, 0.5) is 4.79 Å². The third-order valence-corrected chi connectivity index (χ3v) is 3.12. The molecule has 0 spiro atoms. The highest BCUT2D eigenvalue weighted by atomic mass is 32.1. The van der Waals surface area contributed by atoms with E-state index < -0.39 is 0 Å². The van der Waals surface area contributed by atoms with E-state index in [9.17, 15) is 9.90 Å². The first-order valence-corrected chi connectivity index (χ1v) is 6.73. The summed E-state index contributed by atoms with van der Waals surface area (Å²) in [6, 6.07) is 1.83. The summed E-state index contributed by atoms with van der Waals surface area (Å²) >= 11 is 1.62. The van der Waals surface area contributed by atoms with Crippen LogP contribution in [0.3, 0.4) is 0 Å². The Hall–Kier alpha value is -1.07. The van der Waals surface area contributed by atoms with Crippen LogP contribution in [-0.2, 0) is 6.54 Å². The smallest absolute Gasteiger partial charge is 0.315 e. The van der Waals surface area contributed by atoms with Gasteiger partial charge in [0, 0.05) is 13.1 Å². The zero-order valence-corrected chi connectivity index (χ0v) is 11.1. The zero-order valence-electron chi connectivity index (χ0n) is 10.3. The molecule has 96 valence electrons. The lowest BCUT2D eigenvalue weighted by Crippen LogP contribution is -2.37. The van der Waals surface area contributed by atoms with Crippen LogP contribution in [0.1, 0.15) is 25.8 Å². The van der Waals surface area contributed by atoms with Gasteiger partial charge in [-0.05, 0) is 41.7 Å². The highest BCUT2D eigenvalue weighted by Crippen LogP contribution is 2.05. The maximum Gasteiger partial charge on any atom is 0.315 e. The van der Waals surface area contributed by atoms with E-state index in [-0.39, 0.29) is 18.1 Å². The van der Waals surface area contributed by atoms with Gasteiger partial charge < -0.3 is 15.7 Å². The molecule has 0 aliphatic rings. The first kappa shape index (κ1) is 14.0. The second-order valence-electron chi connectivity index (χ2n) is 4.39. The summed E-state index contributed by atoms with van der Waals surface area (Å²) in [4.78, 5) is 11.4. The highest BCUT2D eigenvalue weighted by molar-refractivity contribution is 7.07. The Morgan fingerprint density at radius 2 is 2.24 bits per heavy atom. The first-order valence-electron chi connectivity index (χ1n) is 5.78. The number of hydrogen-bond donors (Lipinski definition) is 3. The lowest BCUT2D eigenvalue weighted by Gasteiger charge is -2.14. The molecule has 1 aromatic heterocycles. The molecule has 0 aliphatic carbocycles. The van der Waals surface area contributed by atoms with Gasteiger partial charge in [0.05, 0.1) is 6.10 Å². The molecule has 1 rings (SSSR count). The number of amides is 2. The summed E-state index contributed by atoms with van der Waals surface area (Å²) in [5.74, 6) is 0.280. The molecule has 0 saturated heterocycles. The molecular formula is C12H20N2O2S. The Labute approximate surface area is 106 Å². The molecule has 0 bridgehead atoms. The molecule has 2 amide bonds. The van der Waals surface area contributed by atoms with Crippen LogP contribution in [-0.4, -0.2) is 23.8 Å². The molecule has 2 atom stereocenters. The van der Waals surface area contributed by atoms with Gasteiger partial charge in [-0.3, -0.25) is 0 Å². The van der Waals surface area contributed by atoms with Crippen LogP contribution in [0.2, 0.25) is 0 Å². The lowest BCUT2D eigenvalue weighted by molar-refractivity contribution is 0.163. The van der Waals surface area contributed by atoms with Gasteiger partial charge in [-0.25, -0.2) is 4.79 Å². The summed E-state index contributed by atoms with van der Waals surface area (Å²) in [6.45, 7) is 4.90. The van der Waals surface area contributed by atoms with Crippen LogP contribution in [0, 0.1) is 5.92 Å². The van der Waals surface area contributed by atoms with Crippen molar-refractivity contribution in [2.24, 2.45) is 5.92 Å². The minimum Gasteiger partial charge on any atom is -0.393 e. The van der Waals surface area contributed by atoms with Crippen molar-refractivity contribution in [3.05, 3.63) is 22.4 Å². The molecule has 0 radical (unpaired) electrons. The molecule has 0 aromatic carbocycles. The number of carbonyl (C=O) groups is 1. The van der Waals surface area contributed by atoms with E-state index in [1.807, 2.05) is 23.8 Å². The monoisotopic (exact) mass is 256 g/mol. The van der Waals surface area contributed by atoms with Crippen LogP contribution >= 0.6 is 11.3 Å². The van der Waals surface area contributed by atoms with Crippen molar-refractivity contribution < 1.29 is 9.90 Å². The molecule has 3 N–H and O–H groups in total. The van der Waals surface area contributed by atoms with E-state index in [2.05, 4.69) is 10.6 Å². The van der Waals surface area contributed by atoms with E-state index in [1.165, 1.54) is 0 Å². The van der Waals surface area contributed by atoms with Gasteiger partial charge in [0.2, 0.25) is 0 Å². The fraction of sp³-hybridized carbons (Fsp3) is 0.583.